The Morgan fingerprint density at radius 3 is 2.44 bits per heavy atom. The van der Waals surface area contributed by atoms with Crippen molar-refractivity contribution in [1.82, 2.24) is 9.88 Å². The lowest BCUT2D eigenvalue weighted by atomic mass is 10.0. The van der Waals surface area contributed by atoms with Gasteiger partial charge >= 0.3 is 0 Å². The van der Waals surface area contributed by atoms with Gasteiger partial charge in [0.1, 0.15) is 11.3 Å². The Hall–Kier alpha value is -2.51. The topological polar surface area (TPSA) is 95.6 Å². The third kappa shape index (κ3) is 3.94. The molecule has 25 heavy (non-hydrogen) atoms. The first kappa shape index (κ1) is 18.8. The van der Waals surface area contributed by atoms with Crippen molar-refractivity contribution in [2.24, 2.45) is 5.73 Å². The smallest absolute Gasteiger partial charge is 0.256 e. The Bertz CT molecular complexity index is 776. The van der Waals surface area contributed by atoms with Crippen LogP contribution in [0.15, 0.2) is 36.7 Å². The largest absolute Gasteiger partial charge is 0.496 e. The van der Waals surface area contributed by atoms with E-state index in [1.807, 2.05) is 24.5 Å². The fourth-order valence-corrected chi connectivity index (χ4v) is 2.62. The van der Waals surface area contributed by atoms with E-state index in [0.717, 1.165) is 0 Å². The lowest BCUT2D eigenvalue weighted by Crippen LogP contribution is -2.58. The molecule has 3 N–H and O–H groups in total. The Kier molecular flexibility index (Phi) is 5.71. The fraction of sp³-hybridized carbons (Fsp3) is 0.294. The number of benzene rings is 1. The number of hydrogen-bond donors (Lipinski definition) is 2. The Morgan fingerprint density at radius 1 is 1.28 bits per heavy atom. The van der Waals surface area contributed by atoms with Crippen molar-refractivity contribution in [3.05, 3.63) is 47.2 Å². The molecule has 2 amide bonds. The van der Waals surface area contributed by atoms with Gasteiger partial charge in [0.25, 0.3) is 5.91 Å². The molecule has 2 rings (SSSR count). The number of carbonyl (C=O) groups is 2. The Morgan fingerprint density at radius 2 is 1.92 bits per heavy atom. The van der Waals surface area contributed by atoms with E-state index < -0.39 is 17.4 Å². The van der Waals surface area contributed by atoms with Gasteiger partial charge in [-0.15, -0.1) is 0 Å². The number of nitrogens with two attached hydrogens (primary N) is 1. The van der Waals surface area contributed by atoms with Crippen molar-refractivity contribution < 1.29 is 19.1 Å². The first-order valence-electron chi connectivity index (χ1n) is 7.44. The van der Waals surface area contributed by atoms with Crippen molar-refractivity contribution in [1.29, 1.82) is 0 Å². The second-order valence-corrected chi connectivity index (χ2v) is 6.08. The zero-order valence-electron chi connectivity index (χ0n) is 14.2. The lowest BCUT2D eigenvalue weighted by Gasteiger charge is -2.27. The molecular weight excluding hydrogens is 346 g/mol. The number of primary amides is 1. The Balaban J connectivity index is 2.40. The molecule has 0 aliphatic heterocycles. The minimum Gasteiger partial charge on any atom is -0.496 e. The van der Waals surface area contributed by atoms with Crippen LogP contribution in [-0.4, -0.2) is 42.7 Å². The van der Waals surface area contributed by atoms with Gasteiger partial charge in [0.05, 0.1) is 30.0 Å². The van der Waals surface area contributed by atoms with Crippen LogP contribution in [0.25, 0.3) is 5.69 Å². The van der Waals surface area contributed by atoms with Crippen molar-refractivity contribution >= 4 is 23.4 Å². The van der Waals surface area contributed by atoms with E-state index in [2.05, 4.69) is 5.32 Å². The summed E-state index contributed by atoms with van der Waals surface area (Å²) in [5.41, 5.74) is 4.87. The molecule has 1 unspecified atom stereocenters. The van der Waals surface area contributed by atoms with Crippen LogP contribution in [0, 0.1) is 0 Å². The first-order valence-corrected chi connectivity index (χ1v) is 7.82. The number of methoxy groups -OCH3 is 2. The van der Waals surface area contributed by atoms with Gasteiger partial charge in [-0.1, -0.05) is 11.6 Å². The lowest BCUT2D eigenvalue weighted by molar-refractivity contribution is -0.125. The average Bonchev–Trinajstić information content (AvgIpc) is 3.08. The molecule has 0 aliphatic rings. The van der Waals surface area contributed by atoms with Crippen molar-refractivity contribution in [3.8, 4) is 11.4 Å². The predicted octanol–water partition coefficient (Wildman–Crippen LogP) is 1.76. The fourth-order valence-electron chi connectivity index (χ4n) is 2.36. The van der Waals surface area contributed by atoms with Crippen LogP contribution in [0.4, 0.5) is 0 Å². The zero-order chi connectivity index (χ0) is 18.6. The summed E-state index contributed by atoms with van der Waals surface area (Å²) in [6.45, 7) is 1.42. The van der Waals surface area contributed by atoms with Crippen LogP contribution in [0.3, 0.4) is 0 Å². The van der Waals surface area contributed by atoms with Gasteiger partial charge in [0.15, 0.2) is 0 Å². The SMILES string of the molecule is COCC(C)(NC(=O)c1cc(Cl)c(-n2cccc2)cc1OC)C(N)=O. The minimum absolute atomic E-state index is 0.0639. The summed E-state index contributed by atoms with van der Waals surface area (Å²) in [5.74, 6) is -0.942. The summed E-state index contributed by atoms with van der Waals surface area (Å²) in [7, 11) is 2.86. The maximum atomic E-state index is 12.6. The summed E-state index contributed by atoms with van der Waals surface area (Å²) < 4.78 is 12.1. The molecule has 0 bridgehead atoms. The molecule has 1 atom stereocenters. The number of nitrogens with one attached hydrogen (secondary N) is 1. The third-order valence-corrected chi connectivity index (χ3v) is 4.07. The van der Waals surface area contributed by atoms with E-state index in [-0.39, 0.29) is 12.2 Å². The van der Waals surface area contributed by atoms with Crippen molar-refractivity contribution in [2.75, 3.05) is 20.8 Å². The maximum Gasteiger partial charge on any atom is 0.256 e. The quantitative estimate of drug-likeness (QED) is 0.781. The van der Waals surface area contributed by atoms with Gasteiger partial charge in [-0.3, -0.25) is 9.59 Å². The van der Waals surface area contributed by atoms with Crippen LogP contribution >= 0.6 is 11.6 Å². The standard InChI is InChI=1S/C17H20ClN3O4/c1-17(10-24-2,16(19)23)20-15(22)11-8-12(18)13(9-14(11)25-3)21-6-4-5-7-21/h4-9H,10H2,1-3H3,(H2,19,23)(H,20,22). The number of carbonyl (C=O) groups excluding carboxylic acids is 2. The summed E-state index contributed by atoms with van der Waals surface area (Å²) in [6, 6.07) is 6.84. The number of aromatic nitrogens is 1. The van der Waals surface area contributed by atoms with Crippen LogP contribution in [-0.2, 0) is 9.53 Å². The second-order valence-electron chi connectivity index (χ2n) is 5.68. The Labute approximate surface area is 150 Å². The molecule has 2 aromatic rings. The van der Waals surface area contributed by atoms with E-state index >= 15 is 0 Å². The van der Waals surface area contributed by atoms with Gasteiger partial charge < -0.3 is 25.1 Å². The number of amides is 2. The molecule has 0 aliphatic carbocycles. The van der Waals surface area contributed by atoms with Crippen LogP contribution in [0.5, 0.6) is 5.75 Å². The number of hydrogen-bond acceptors (Lipinski definition) is 4. The van der Waals surface area contributed by atoms with Gasteiger partial charge in [0, 0.05) is 25.6 Å². The number of rotatable bonds is 7. The van der Waals surface area contributed by atoms with E-state index in [1.165, 1.54) is 27.2 Å². The molecule has 1 heterocycles. The molecule has 0 spiro atoms. The van der Waals surface area contributed by atoms with Gasteiger partial charge in [-0.25, -0.2) is 0 Å². The highest BCUT2D eigenvalue weighted by atomic mass is 35.5. The minimum atomic E-state index is -1.36. The van der Waals surface area contributed by atoms with Crippen LogP contribution in [0.2, 0.25) is 5.02 Å². The highest BCUT2D eigenvalue weighted by Gasteiger charge is 2.34. The van der Waals surface area contributed by atoms with Crippen LogP contribution in [0.1, 0.15) is 17.3 Å². The van der Waals surface area contributed by atoms with E-state index in [4.69, 9.17) is 26.8 Å². The van der Waals surface area contributed by atoms with Crippen LogP contribution < -0.4 is 15.8 Å². The number of halogens is 1. The molecule has 0 radical (unpaired) electrons. The molecular formula is C17H20ClN3O4. The summed E-state index contributed by atoms with van der Waals surface area (Å²) in [6.07, 6.45) is 3.65. The van der Waals surface area contributed by atoms with Gasteiger partial charge in [-0.2, -0.15) is 0 Å². The molecule has 0 saturated carbocycles. The molecule has 1 aromatic heterocycles. The summed E-state index contributed by atoms with van der Waals surface area (Å²) >= 11 is 6.32. The number of nitrogens with zero attached hydrogens (tertiary/aromatic N) is 1. The number of ether oxygens (including phenoxy) is 2. The molecule has 134 valence electrons. The monoisotopic (exact) mass is 365 g/mol. The molecule has 0 saturated heterocycles. The molecule has 0 fully saturated rings. The van der Waals surface area contributed by atoms with Gasteiger partial charge in [-0.05, 0) is 25.1 Å². The predicted molar refractivity (Wildman–Crippen MR) is 94.3 cm³/mol. The summed E-state index contributed by atoms with van der Waals surface area (Å²) in [4.78, 5) is 24.3. The first-order chi connectivity index (χ1) is 11.8. The van der Waals surface area contributed by atoms with E-state index in [1.54, 1.807) is 10.6 Å². The second kappa shape index (κ2) is 7.58. The molecule has 8 heteroatoms. The van der Waals surface area contributed by atoms with E-state index in [9.17, 15) is 9.59 Å². The van der Waals surface area contributed by atoms with Crippen molar-refractivity contribution in [3.63, 3.8) is 0 Å². The zero-order valence-corrected chi connectivity index (χ0v) is 15.0. The highest BCUT2D eigenvalue weighted by molar-refractivity contribution is 6.33. The van der Waals surface area contributed by atoms with Crippen molar-refractivity contribution in [2.45, 2.75) is 12.5 Å². The van der Waals surface area contributed by atoms with Gasteiger partial charge in [0.2, 0.25) is 5.91 Å². The normalized spacial score (nSPS) is 13.1. The summed E-state index contributed by atoms with van der Waals surface area (Å²) in [5, 5.41) is 2.94. The third-order valence-electron chi connectivity index (χ3n) is 3.76. The highest BCUT2D eigenvalue weighted by Crippen LogP contribution is 2.30. The maximum absolute atomic E-state index is 12.6. The van der Waals surface area contributed by atoms with E-state index in [0.29, 0.717) is 16.5 Å². The average molecular weight is 366 g/mol. The molecule has 1 aromatic carbocycles. The molecule has 7 nitrogen and oxygen atoms in total.